The molecule has 0 bridgehead atoms. The molecule has 1 aromatic carbocycles. The van der Waals surface area contributed by atoms with Crippen molar-refractivity contribution in [2.75, 3.05) is 31.2 Å². The lowest BCUT2D eigenvalue weighted by Gasteiger charge is -2.32. The molecular formula is C22H24N2O3S. The van der Waals surface area contributed by atoms with E-state index in [0.29, 0.717) is 37.4 Å². The SMILES string of the molecule is CCOCCCN1C(=O)C(c2cccs2)=C(N2CCCc3ccccc32)C1=O. The van der Waals surface area contributed by atoms with Crippen LogP contribution in [-0.2, 0) is 20.7 Å². The molecule has 4 rings (SSSR count). The lowest BCUT2D eigenvalue weighted by atomic mass is 10.00. The number of thiophene rings is 1. The van der Waals surface area contributed by atoms with Crippen molar-refractivity contribution in [1.29, 1.82) is 0 Å². The summed E-state index contributed by atoms with van der Waals surface area (Å²) in [5.41, 5.74) is 3.32. The number of carbonyl (C=O) groups excluding carboxylic acids is 2. The van der Waals surface area contributed by atoms with Gasteiger partial charge in [0.2, 0.25) is 0 Å². The van der Waals surface area contributed by atoms with Gasteiger partial charge in [-0.15, -0.1) is 11.3 Å². The van der Waals surface area contributed by atoms with Gasteiger partial charge in [-0.1, -0.05) is 24.3 Å². The Bertz CT molecular complexity index is 904. The number of amides is 2. The summed E-state index contributed by atoms with van der Waals surface area (Å²) in [7, 11) is 0. The quantitative estimate of drug-likeness (QED) is 0.529. The molecule has 0 atom stereocenters. The van der Waals surface area contributed by atoms with Crippen molar-refractivity contribution in [3.05, 3.63) is 57.9 Å². The van der Waals surface area contributed by atoms with Crippen LogP contribution in [0.2, 0.25) is 0 Å². The number of anilines is 1. The third kappa shape index (κ3) is 3.38. The molecule has 2 aliphatic rings. The van der Waals surface area contributed by atoms with Crippen LogP contribution in [0.4, 0.5) is 5.69 Å². The lowest BCUT2D eigenvalue weighted by Crippen LogP contribution is -2.37. The van der Waals surface area contributed by atoms with Gasteiger partial charge in [0.15, 0.2) is 0 Å². The number of hydrogen-bond donors (Lipinski definition) is 0. The Kier molecular flexibility index (Phi) is 5.59. The topological polar surface area (TPSA) is 49.9 Å². The van der Waals surface area contributed by atoms with Gasteiger partial charge in [0.25, 0.3) is 11.8 Å². The van der Waals surface area contributed by atoms with Gasteiger partial charge in [-0.05, 0) is 49.3 Å². The standard InChI is InChI=1S/C22H24N2O3S/c1-2-27-14-7-13-24-21(25)19(18-11-6-15-28-18)20(22(24)26)23-12-5-9-16-8-3-4-10-17(16)23/h3-4,6,8,10-11,15H,2,5,7,9,12-14H2,1H3. The van der Waals surface area contributed by atoms with Crippen LogP contribution < -0.4 is 4.90 Å². The van der Waals surface area contributed by atoms with Gasteiger partial charge in [-0.2, -0.15) is 0 Å². The zero-order chi connectivity index (χ0) is 19.5. The molecule has 0 N–H and O–H groups in total. The first-order chi connectivity index (χ1) is 13.7. The van der Waals surface area contributed by atoms with Crippen LogP contribution in [0.1, 0.15) is 30.2 Å². The van der Waals surface area contributed by atoms with Crippen molar-refractivity contribution in [2.45, 2.75) is 26.2 Å². The molecular weight excluding hydrogens is 372 g/mol. The van der Waals surface area contributed by atoms with Gasteiger partial charge in [-0.25, -0.2) is 0 Å². The van der Waals surface area contributed by atoms with E-state index in [1.165, 1.54) is 21.8 Å². The number of hydrogen-bond acceptors (Lipinski definition) is 5. The first kappa shape index (κ1) is 18.9. The fourth-order valence-corrected chi connectivity index (χ4v) is 4.66. The first-order valence-corrected chi connectivity index (χ1v) is 10.7. The predicted octanol–water partition coefficient (Wildman–Crippen LogP) is 3.71. The molecule has 0 radical (unpaired) electrons. The van der Waals surface area contributed by atoms with Gasteiger partial charge in [0.05, 0.1) is 5.57 Å². The van der Waals surface area contributed by atoms with Crippen molar-refractivity contribution in [3.8, 4) is 0 Å². The number of nitrogens with zero attached hydrogens (tertiary/aromatic N) is 2. The van der Waals surface area contributed by atoms with Crippen LogP contribution in [0.15, 0.2) is 47.5 Å². The predicted molar refractivity (Wildman–Crippen MR) is 111 cm³/mol. The number of aryl methyl sites for hydroxylation is 1. The number of para-hydroxylation sites is 1. The number of benzene rings is 1. The minimum absolute atomic E-state index is 0.193. The van der Waals surface area contributed by atoms with E-state index in [0.717, 1.165) is 30.0 Å². The first-order valence-electron chi connectivity index (χ1n) is 9.80. The fraction of sp³-hybridized carbons (Fsp3) is 0.364. The smallest absolute Gasteiger partial charge is 0.278 e. The minimum atomic E-state index is -0.193. The van der Waals surface area contributed by atoms with E-state index >= 15 is 0 Å². The molecule has 0 unspecified atom stereocenters. The highest BCUT2D eigenvalue weighted by Crippen LogP contribution is 2.38. The summed E-state index contributed by atoms with van der Waals surface area (Å²) >= 11 is 1.50. The van der Waals surface area contributed by atoms with Gasteiger partial charge < -0.3 is 9.64 Å². The Morgan fingerprint density at radius 2 is 1.96 bits per heavy atom. The van der Waals surface area contributed by atoms with Gasteiger partial charge >= 0.3 is 0 Å². The van der Waals surface area contributed by atoms with Crippen molar-refractivity contribution >= 4 is 34.4 Å². The van der Waals surface area contributed by atoms with Gasteiger partial charge in [0.1, 0.15) is 5.70 Å². The van der Waals surface area contributed by atoms with E-state index in [1.54, 1.807) is 0 Å². The Morgan fingerprint density at radius 1 is 1.11 bits per heavy atom. The number of fused-ring (bicyclic) bond motifs is 1. The average molecular weight is 397 g/mol. The second-order valence-corrected chi connectivity index (χ2v) is 7.84. The van der Waals surface area contributed by atoms with Crippen LogP contribution in [0.5, 0.6) is 0 Å². The lowest BCUT2D eigenvalue weighted by molar-refractivity contribution is -0.137. The van der Waals surface area contributed by atoms with Crippen molar-refractivity contribution < 1.29 is 14.3 Å². The molecule has 2 aromatic rings. The van der Waals surface area contributed by atoms with Gasteiger partial charge in [0, 0.05) is 36.9 Å². The summed E-state index contributed by atoms with van der Waals surface area (Å²) in [4.78, 5) is 30.9. The Morgan fingerprint density at radius 3 is 2.75 bits per heavy atom. The maximum Gasteiger partial charge on any atom is 0.278 e. The molecule has 0 aliphatic carbocycles. The van der Waals surface area contributed by atoms with Crippen LogP contribution in [0.25, 0.3) is 5.57 Å². The highest BCUT2D eigenvalue weighted by atomic mass is 32.1. The van der Waals surface area contributed by atoms with Crippen LogP contribution in [-0.4, -0.2) is 43.0 Å². The third-order valence-corrected chi connectivity index (χ3v) is 6.05. The summed E-state index contributed by atoms with van der Waals surface area (Å²) in [5.74, 6) is -0.386. The Hall–Kier alpha value is -2.44. The average Bonchev–Trinajstić information content (AvgIpc) is 3.32. The number of ether oxygens (including phenoxy) is 1. The molecule has 0 saturated heterocycles. The van der Waals surface area contributed by atoms with Crippen molar-refractivity contribution in [2.24, 2.45) is 0 Å². The van der Waals surface area contributed by atoms with Gasteiger partial charge in [-0.3, -0.25) is 14.5 Å². The Balaban J connectivity index is 1.72. The zero-order valence-corrected chi connectivity index (χ0v) is 16.8. The molecule has 0 saturated carbocycles. The largest absolute Gasteiger partial charge is 0.382 e. The monoisotopic (exact) mass is 396 g/mol. The molecule has 0 fully saturated rings. The molecule has 5 nitrogen and oxygen atoms in total. The normalized spacial score (nSPS) is 16.9. The van der Waals surface area contributed by atoms with Crippen LogP contribution >= 0.6 is 11.3 Å². The summed E-state index contributed by atoms with van der Waals surface area (Å²) in [6, 6.07) is 12.0. The maximum absolute atomic E-state index is 13.4. The third-order valence-electron chi connectivity index (χ3n) is 5.17. The van der Waals surface area contributed by atoms with E-state index in [4.69, 9.17) is 4.74 Å². The second-order valence-electron chi connectivity index (χ2n) is 6.90. The molecule has 2 amide bonds. The highest BCUT2D eigenvalue weighted by molar-refractivity contribution is 7.11. The molecule has 3 heterocycles. The van der Waals surface area contributed by atoms with E-state index in [-0.39, 0.29) is 11.8 Å². The second kappa shape index (κ2) is 8.29. The summed E-state index contributed by atoms with van der Waals surface area (Å²) < 4.78 is 5.38. The van der Waals surface area contributed by atoms with E-state index in [9.17, 15) is 9.59 Å². The molecule has 6 heteroatoms. The Labute approximate surface area is 169 Å². The molecule has 2 aliphatic heterocycles. The van der Waals surface area contributed by atoms with Crippen molar-refractivity contribution in [3.63, 3.8) is 0 Å². The number of imide groups is 1. The van der Waals surface area contributed by atoms with E-state index in [1.807, 2.05) is 42.6 Å². The molecule has 146 valence electrons. The van der Waals surface area contributed by atoms with Crippen molar-refractivity contribution in [1.82, 2.24) is 4.90 Å². The summed E-state index contributed by atoms with van der Waals surface area (Å²) in [6.07, 6.45) is 2.60. The minimum Gasteiger partial charge on any atom is -0.382 e. The van der Waals surface area contributed by atoms with Crippen LogP contribution in [0, 0.1) is 0 Å². The fourth-order valence-electron chi connectivity index (χ4n) is 3.89. The molecule has 28 heavy (non-hydrogen) atoms. The van der Waals surface area contributed by atoms with E-state index in [2.05, 4.69) is 11.0 Å². The van der Waals surface area contributed by atoms with Crippen LogP contribution in [0.3, 0.4) is 0 Å². The maximum atomic E-state index is 13.4. The zero-order valence-electron chi connectivity index (χ0n) is 16.0. The van der Waals surface area contributed by atoms with E-state index < -0.39 is 0 Å². The molecule has 1 aromatic heterocycles. The highest BCUT2D eigenvalue weighted by Gasteiger charge is 2.42. The number of carbonyl (C=O) groups is 2. The summed E-state index contributed by atoms with van der Waals surface area (Å²) in [5, 5.41) is 1.94. The molecule has 0 spiro atoms. The number of rotatable bonds is 7. The summed E-state index contributed by atoms with van der Waals surface area (Å²) in [6.45, 7) is 4.24.